The number of allylic oxidation sites excluding steroid dienone is 2. The van der Waals surface area contributed by atoms with Gasteiger partial charge in [-0.3, -0.25) is 0 Å². The predicted octanol–water partition coefficient (Wildman–Crippen LogP) is 2.63. The van der Waals surface area contributed by atoms with E-state index in [0.717, 1.165) is 0 Å². The fourth-order valence-electron chi connectivity index (χ4n) is 2.45. The highest BCUT2D eigenvalue weighted by molar-refractivity contribution is 6.58. The molecule has 0 spiro atoms. The van der Waals surface area contributed by atoms with Crippen LogP contribution in [0.3, 0.4) is 0 Å². The SMILES string of the molecule is Cc1cccc([SiH2]C2(C)C=CCC2)c1C. The molecule has 0 heterocycles. The second-order valence-electron chi connectivity index (χ2n) is 5.13. The van der Waals surface area contributed by atoms with Gasteiger partial charge in [0.1, 0.15) is 0 Å². The van der Waals surface area contributed by atoms with Gasteiger partial charge in [0, 0.05) is 0 Å². The lowest BCUT2D eigenvalue weighted by Crippen LogP contribution is -2.27. The Balaban J connectivity index is 2.24. The van der Waals surface area contributed by atoms with Gasteiger partial charge >= 0.3 is 0 Å². The van der Waals surface area contributed by atoms with Crippen LogP contribution >= 0.6 is 0 Å². The van der Waals surface area contributed by atoms with Crippen LogP contribution in [0.5, 0.6) is 0 Å². The third-order valence-corrected chi connectivity index (χ3v) is 6.26. The maximum Gasteiger partial charge on any atom is 0.0655 e. The van der Waals surface area contributed by atoms with E-state index in [2.05, 4.69) is 51.1 Å². The fourth-order valence-corrected chi connectivity index (χ4v) is 4.78. The minimum absolute atomic E-state index is 0.169. The van der Waals surface area contributed by atoms with Gasteiger partial charge < -0.3 is 0 Å². The molecule has 0 fully saturated rings. The summed E-state index contributed by atoms with van der Waals surface area (Å²) in [5, 5.41) is 2.20. The zero-order chi connectivity index (χ0) is 10.9. The van der Waals surface area contributed by atoms with Crippen LogP contribution in [-0.4, -0.2) is 9.52 Å². The van der Waals surface area contributed by atoms with Crippen molar-refractivity contribution < 1.29 is 0 Å². The van der Waals surface area contributed by atoms with Crippen molar-refractivity contribution in [3.05, 3.63) is 41.5 Å². The fraction of sp³-hybridized carbons (Fsp3) is 0.429. The number of rotatable bonds is 2. The molecular formula is C14H20Si. The summed E-state index contributed by atoms with van der Waals surface area (Å²) in [7, 11) is -0.169. The van der Waals surface area contributed by atoms with E-state index < -0.39 is 0 Å². The molecule has 0 saturated carbocycles. The number of hydrogen-bond acceptors (Lipinski definition) is 0. The first-order valence-electron chi connectivity index (χ1n) is 5.83. The first-order valence-corrected chi connectivity index (χ1v) is 7.25. The van der Waals surface area contributed by atoms with Gasteiger partial charge in [0.2, 0.25) is 0 Å². The Bertz CT molecular complexity index is 392. The average molecular weight is 216 g/mol. The molecule has 0 radical (unpaired) electrons. The van der Waals surface area contributed by atoms with E-state index >= 15 is 0 Å². The smallest absolute Gasteiger partial charge is 0.0655 e. The van der Waals surface area contributed by atoms with Crippen LogP contribution in [0.2, 0.25) is 5.04 Å². The molecule has 1 aromatic rings. The van der Waals surface area contributed by atoms with Crippen molar-refractivity contribution in [3.8, 4) is 0 Å². The van der Waals surface area contributed by atoms with Crippen molar-refractivity contribution >= 4 is 14.7 Å². The van der Waals surface area contributed by atoms with E-state index in [1.165, 1.54) is 24.0 Å². The Hall–Kier alpha value is -0.823. The quantitative estimate of drug-likeness (QED) is 0.527. The molecule has 0 saturated heterocycles. The summed E-state index contributed by atoms with van der Waals surface area (Å²) in [6, 6.07) is 6.78. The maximum absolute atomic E-state index is 2.46. The molecule has 0 aromatic heterocycles. The molecule has 15 heavy (non-hydrogen) atoms. The third-order valence-electron chi connectivity index (χ3n) is 3.71. The van der Waals surface area contributed by atoms with Crippen molar-refractivity contribution in [1.82, 2.24) is 0 Å². The molecule has 1 aromatic carbocycles. The second kappa shape index (κ2) is 3.97. The lowest BCUT2D eigenvalue weighted by molar-refractivity contribution is 0.720. The van der Waals surface area contributed by atoms with Crippen molar-refractivity contribution in [2.75, 3.05) is 0 Å². The van der Waals surface area contributed by atoms with Crippen LogP contribution < -0.4 is 5.19 Å². The van der Waals surface area contributed by atoms with Crippen LogP contribution in [0.1, 0.15) is 30.9 Å². The van der Waals surface area contributed by atoms with E-state index in [4.69, 9.17) is 0 Å². The van der Waals surface area contributed by atoms with Crippen LogP contribution in [0.25, 0.3) is 0 Å². The lowest BCUT2D eigenvalue weighted by atomic mass is 10.1. The van der Waals surface area contributed by atoms with Gasteiger partial charge in [0.25, 0.3) is 0 Å². The van der Waals surface area contributed by atoms with Crippen LogP contribution in [-0.2, 0) is 0 Å². The Morgan fingerprint density at radius 1 is 1.27 bits per heavy atom. The summed E-state index contributed by atoms with van der Waals surface area (Å²) >= 11 is 0. The monoisotopic (exact) mass is 216 g/mol. The summed E-state index contributed by atoms with van der Waals surface area (Å²) in [4.78, 5) is 0. The summed E-state index contributed by atoms with van der Waals surface area (Å²) < 4.78 is 0. The largest absolute Gasteiger partial charge is 0.0883 e. The third kappa shape index (κ3) is 2.23. The standard InChI is InChI=1S/C14H20Si/c1-11-7-6-8-13(12(11)2)15-14(3)9-4-5-10-14/h4,6-9H,5,10,15H2,1-3H3. The summed E-state index contributed by atoms with van der Waals surface area (Å²) in [5.41, 5.74) is 2.98. The van der Waals surface area contributed by atoms with Crippen molar-refractivity contribution in [2.45, 2.75) is 38.7 Å². The molecule has 0 N–H and O–H groups in total. The van der Waals surface area contributed by atoms with Crippen LogP contribution in [0.4, 0.5) is 0 Å². The van der Waals surface area contributed by atoms with Crippen molar-refractivity contribution in [2.24, 2.45) is 0 Å². The topological polar surface area (TPSA) is 0 Å². The van der Waals surface area contributed by atoms with Gasteiger partial charge in [-0.1, -0.05) is 42.5 Å². The minimum Gasteiger partial charge on any atom is -0.0883 e. The Labute approximate surface area is 95.2 Å². The summed E-state index contributed by atoms with van der Waals surface area (Å²) in [6.07, 6.45) is 7.47. The van der Waals surface area contributed by atoms with Crippen LogP contribution in [0.15, 0.2) is 30.4 Å². The Morgan fingerprint density at radius 2 is 2.07 bits per heavy atom. The Kier molecular flexibility index (Phi) is 2.83. The van der Waals surface area contributed by atoms with Gasteiger partial charge in [0.15, 0.2) is 0 Å². The molecule has 0 amide bonds. The number of hydrogen-bond donors (Lipinski definition) is 0. The van der Waals surface area contributed by atoms with Gasteiger partial charge in [-0.15, -0.1) is 0 Å². The first kappa shape index (κ1) is 10.7. The van der Waals surface area contributed by atoms with Crippen molar-refractivity contribution in [1.29, 1.82) is 0 Å². The molecule has 2 rings (SSSR count). The molecule has 0 bridgehead atoms. The van der Waals surface area contributed by atoms with E-state index in [1.807, 2.05) is 0 Å². The molecule has 1 aliphatic rings. The molecular weight excluding hydrogens is 196 g/mol. The van der Waals surface area contributed by atoms with E-state index in [0.29, 0.717) is 5.04 Å². The van der Waals surface area contributed by atoms with Gasteiger partial charge in [-0.2, -0.15) is 0 Å². The molecule has 1 unspecified atom stereocenters. The van der Waals surface area contributed by atoms with Gasteiger partial charge in [-0.05, 0) is 42.9 Å². The summed E-state index contributed by atoms with van der Waals surface area (Å²) in [6.45, 7) is 6.93. The van der Waals surface area contributed by atoms with Gasteiger partial charge in [0.05, 0.1) is 9.52 Å². The minimum atomic E-state index is -0.169. The molecule has 0 aliphatic heterocycles. The summed E-state index contributed by atoms with van der Waals surface area (Å²) in [5.74, 6) is 0. The van der Waals surface area contributed by atoms with E-state index in [9.17, 15) is 0 Å². The van der Waals surface area contributed by atoms with E-state index in [-0.39, 0.29) is 9.52 Å². The first-order chi connectivity index (χ1) is 7.11. The Morgan fingerprint density at radius 3 is 2.73 bits per heavy atom. The number of aryl methyl sites for hydroxylation is 1. The molecule has 1 aliphatic carbocycles. The molecule has 80 valence electrons. The molecule has 1 atom stereocenters. The second-order valence-corrected chi connectivity index (χ2v) is 7.86. The average Bonchev–Trinajstić information content (AvgIpc) is 2.60. The zero-order valence-electron chi connectivity index (χ0n) is 10.0. The maximum atomic E-state index is 2.46. The van der Waals surface area contributed by atoms with Gasteiger partial charge in [-0.25, -0.2) is 0 Å². The normalized spacial score (nSPS) is 25.5. The highest BCUT2D eigenvalue weighted by atomic mass is 28.2. The molecule has 0 nitrogen and oxygen atoms in total. The van der Waals surface area contributed by atoms with Crippen LogP contribution in [0, 0.1) is 13.8 Å². The lowest BCUT2D eigenvalue weighted by Gasteiger charge is -2.22. The number of benzene rings is 1. The zero-order valence-corrected chi connectivity index (χ0v) is 11.4. The molecule has 1 heteroatoms. The highest BCUT2D eigenvalue weighted by Gasteiger charge is 2.25. The highest BCUT2D eigenvalue weighted by Crippen LogP contribution is 2.37. The van der Waals surface area contributed by atoms with Crippen molar-refractivity contribution in [3.63, 3.8) is 0 Å². The predicted molar refractivity (Wildman–Crippen MR) is 70.8 cm³/mol. The van der Waals surface area contributed by atoms with E-state index in [1.54, 1.807) is 5.19 Å².